The fraction of sp³-hybridized carbons (Fsp3) is 0.409. The number of amides is 1. The summed E-state index contributed by atoms with van der Waals surface area (Å²) >= 11 is 0. The van der Waals surface area contributed by atoms with Crippen LogP contribution in [0.4, 0.5) is 10.1 Å². The molecule has 1 amide bonds. The van der Waals surface area contributed by atoms with Crippen LogP contribution in [0.1, 0.15) is 16.7 Å². The van der Waals surface area contributed by atoms with Crippen LogP contribution in [0.2, 0.25) is 0 Å². The van der Waals surface area contributed by atoms with Gasteiger partial charge < -0.3 is 14.7 Å². The van der Waals surface area contributed by atoms with Gasteiger partial charge in [0.25, 0.3) is 5.91 Å². The minimum absolute atomic E-state index is 0.106. The van der Waals surface area contributed by atoms with Crippen molar-refractivity contribution in [1.82, 2.24) is 4.90 Å². The van der Waals surface area contributed by atoms with E-state index in [9.17, 15) is 9.18 Å². The Bertz CT molecular complexity index is 800. The zero-order valence-corrected chi connectivity index (χ0v) is 16.5. The van der Waals surface area contributed by atoms with Crippen molar-refractivity contribution in [2.45, 2.75) is 20.4 Å². The van der Waals surface area contributed by atoms with Gasteiger partial charge in [-0.3, -0.25) is 4.79 Å². The van der Waals surface area contributed by atoms with Crippen molar-refractivity contribution in [3.8, 4) is 0 Å². The summed E-state index contributed by atoms with van der Waals surface area (Å²) < 4.78 is 13.3. The molecule has 27 heavy (non-hydrogen) atoms. The van der Waals surface area contributed by atoms with Gasteiger partial charge in [-0.25, -0.2) is 4.39 Å². The third-order valence-electron chi connectivity index (χ3n) is 5.52. The second-order valence-corrected chi connectivity index (χ2v) is 7.51. The summed E-state index contributed by atoms with van der Waals surface area (Å²) in [6.07, 6.45) is 0. The molecule has 2 aromatic rings. The first-order valence-electron chi connectivity index (χ1n) is 9.57. The van der Waals surface area contributed by atoms with E-state index in [1.807, 2.05) is 6.07 Å². The average molecular weight is 370 g/mol. The molecule has 144 valence electrons. The summed E-state index contributed by atoms with van der Waals surface area (Å²) in [5.41, 5.74) is 4.78. The van der Waals surface area contributed by atoms with Gasteiger partial charge in [0.2, 0.25) is 0 Å². The molecule has 0 saturated carbocycles. The molecule has 1 fully saturated rings. The Hall–Kier alpha value is -2.40. The van der Waals surface area contributed by atoms with E-state index in [0.717, 1.165) is 31.7 Å². The zero-order valence-electron chi connectivity index (χ0n) is 16.5. The fourth-order valence-electron chi connectivity index (χ4n) is 3.66. The molecule has 0 bridgehead atoms. The SMILES string of the molecule is Cc1cccc(N2CC[NH+](CC(=O)N(C)Cc3cccc(F)c3)CC2)c1C. The first kappa shape index (κ1) is 19.4. The van der Waals surface area contributed by atoms with E-state index in [1.54, 1.807) is 18.0 Å². The summed E-state index contributed by atoms with van der Waals surface area (Å²) in [7, 11) is 1.79. The van der Waals surface area contributed by atoms with Crippen LogP contribution < -0.4 is 9.80 Å². The van der Waals surface area contributed by atoms with Gasteiger partial charge in [-0.1, -0.05) is 24.3 Å². The molecule has 0 spiro atoms. The van der Waals surface area contributed by atoms with Crippen LogP contribution in [0.25, 0.3) is 0 Å². The minimum atomic E-state index is -0.262. The van der Waals surface area contributed by atoms with E-state index < -0.39 is 0 Å². The maximum absolute atomic E-state index is 13.3. The van der Waals surface area contributed by atoms with Gasteiger partial charge in [0.1, 0.15) is 5.82 Å². The lowest BCUT2D eigenvalue weighted by atomic mass is 10.1. The largest absolute Gasteiger partial charge is 0.360 e. The molecular weight excluding hydrogens is 341 g/mol. The number of nitrogens with zero attached hydrogens (tertiary/aromatic N) is 2. The fourth-order valence-corrected chi connectivity index (χ4v) is 3.66. The number of piperazine rings is 1. The highest BCUT2D eigenvalue weighted by Crippen LogP contribution is 2.22. The molecule has 4 nitrogen and oxygen atoms in total. The van der Waals surface area contributed by atoms with Crippen molar-refractivity contribution in [2.75, 3.05) is 44.7 Å². The molecule has 5 heteroatoms. The molecule has 1 aliphatic rings. The maximum atomic E-state index is 13.3. The van der Waals surface area contributed by atoms with Crippen LogP contribution in [0, 0.1) is 19.7 Å². The number of hydrogen-bond donors (Lipinski definition) is 1. The van der Waals surface area contributed by atoms with E-state index in [1.165, 1.54) is 33.8 Å². The van der Waals surface area contributed by atoms with Gasteiger partial charge in [0.15, 0.2) is 6.54 Å². The smallest absolute Gasteiger partial charge is 0.277 e. The minimum Gasteiger partial charge on any atom is -0.360 e. The summed E-state index contributed by atoms with van der Waals surface area (Å²) in [5, 5.41) is 0. The number of likely N-dealkylation sites (N-methyl/N-ethyl adjacent to an activating group) is 1. The molecule has 0 aromatic heterocycles. The monoisotopic (exact) mass is 370 g/mol. The van der Waals surface area contributed by atoms with E-state index in [-0.39, 0.29) is 11.7 Å². The van der Waals surface area contributed by atoms with E-state index in [2.05, 4.69) is 36.9 Å². The Morgan fingerprint density at radius 2 is 1.85 bits per heavy atom. The molecule has 2 aromatic carbocycles. The number of benzene rings is 2. The lowest BCUT2D eigenvalue weighted by molar-refractivity contribution is -0.892. The summed E-state index contributed by atoms with van der Waals surface area (Å²) in [4.78, 5) is 18.0. The van der Waals surface area contributed by atoms with Gasteiger partial charge >= 0.3 is 0 Å². The third-order valence-corrected chi connectivity index (χ3v) is 5.52. The van der Waals surface area contributed by atoms with Crippen LogP contribution in [-0.2, 0) is 11.3 Å². The van der Waals surface area contributed by atoms with Crippen molar-refractivity contribution in [2.24, 2.45) is 0 Å². The number of halogens is 1. The Kier molecular flexibility index (Phi) is 6.11. The molecule has 1 aliphatic heterocycles. The van der Waals surface area contributed by atoms with E-state index in [0.29, 0.717) is 13.1 Å². The van der Waals surface area contributed by atoms with Crippen LogP contribution >= 0.6 is 0 Å². The molecule has 1 N–H and O–H groups in total. The standard InChI is InChI=1S/C22H28FN3O/c1-17-6-4-9-21(18(17)2)26-12-10-25(11-13-26)16-22(27)24(3)15-19-7-5-8-20(23)14-19/h4-9,14H,10-13,15-16H2,1-3H3/p+1. The third kappa shape index (κ3) is 4.86. The van der Waals surface area contributed by atoms with Crippen molar-refractivity contribution in [3.63, 3.8) is 0 Å². The molecule has 1 heterocycles. The quantitative estimate of drug-likeness (QED) is 0.869. The normalized spacial score (nSPS) is 15.0. The number of rotatable bonds is 5. The van der Waals surface area contributed by atoms with Crippen LogP contribution in [-0.4, -0.2) is 50.6 Å². The van der Waals surface area contributed by atoms with E-state index >= 15 is 0 Å². The van der Waals surface area contributed by atoms with Crippen molar-refractivity contribution in [3.05, 3.63) is 65.0 Å². The first-order valence-corrected chi connectivity index (χ1v) is 9.57. The second kappa shape index (κ2) is 8.53. The number of carbonyl (C=O) groups is 1. The Morgan fingerprint density at radius 3 is 2.56 bits per heavy atom. The second-order valence-electron chi connectivity index (χ2n) is 7.51. The van der Waals surface area contributed by atoms with Gasteiger partial charge in [-0.2, -0.15) is 0 Å². The Labute approximate surface area is 161 Å². The highest BCUT2D eigenvalue weighted by Gasteiger charge is 2.24. The van der Waals surface area contributed by atoms with E-state index in [4.69, 9.17) is 0 Å². The molecule has 0 radical (unpaired) electrons. The summed E-state index contributed by atoms with van der Waals surface area (Å²) in [6.45, 7) is 9.08. The van der Waals surface area contributed by atoms with Crippen LogP contribution in [0.5, 0.6) is 0 Å². The van der Waals surface area contributed by atoms with Crippen molar-refractivity contribution in [1.29, 1.82) is 0 Å². The summed E-state index contributed by atoms with van der Waals surface area (Å²) in [5.74, 6) is -0.156. The molecule has 3 rings (SSSR count). The molecule has 0 unspecified atom stereocenters. The zero-order chi connectivity index (χ0) is 19.4. The number of quaternary nitrogens is 1. The van der Waals surface area contributed by atoms with Gasteiger partial charge in [-0.05, 0) is 48.7 Å². The van der Waals surface area contributed by atoms with Gasteiger partial charge in [0, 0.05) is 19.3 Å². The lowest BCUT2D eigenvalue weighted by Gasteiger charge is -2.35. The van der Waals surface area contributed by atoms with Crippen molar-refractivity contribution >= 4 is 11.6 Å². The summed E-state index contributed by atoms with van der Waals surface area (Å²) in [6, 6.07) is 12.9. The Morgan fingerprint density at radius 1 is 1.15 bits per heavy atom. The number of anilines is 1. The van der Waals surface area contributed by atoms with Gasteiger partial charge in [0.05, 0.1) is 26.2 Å². The van der Waals surface area contributed by atoms with Gasteiger partial charge in [-0.15, -0.1) is 0 Å². The number of aryl methyl sites for hydroxylation is 1. The maximum Gasteiger partial charge on any atom is 0.277 e. The highest BCUT2D eigenvalue weighted by atomic mass is 19.1. The predicted molar refractivity (Wildman–Crippen MR) is 107 cm³/mol. The predicted octanol–water partition coefficient (Wildman–Crippen LogP) is 1.81. The number of carbonyl (C=O) groups excluding carboxylic acids is 1. The average Bonchev–Trinajstić information content (AvgIpc) is 2.65. The topological polar surface area (TPSA) is 28.0 Å². The number of hydrogen-bond acceptors (Lipinski definition) is 2. The highest BCUT2D eigenvalue weighted by molar-refractivity contribution is 5.76. The molecule has 1 saturated heterocycles. The lowest BCUT2D eigenvalue weighted by Crippen LogP contribution is -3.15. The van der Waals surface area contributed by atoms with Crippen LogP contribution in [0.15, 0.2) is 42.5 Å². The molecular formula is C22H29FN3O+. The molecule has 0 aliphatic carbocycles. The number of nitrogens with one attached hydrogen (secondary N) is 1. The van der Waals surface area contributed by atoms with Crippen molar-refractivity contribution < 1.29 is 14.1 Å². The Balaban J connectivity index is 1.51. The molecule has 0 atom stereocenters. The van der Waals surface area contributed by atoms with Crippen LogP contribution in [0.3, 0.4) is 0 Å². The first-order chi connectivity index (χ1) is 12.9.